The zero-order valence-corrected chi connectivity index (χ0v) is 21.7. The molecule has 4 aromatic rings. The summed E-state index contributed by atoms with van der Waals surface area (Å²) in [5.74, 6) is -1.75. The number of nitrogens with one attached hydrogen (secondary N) is 1. The number of hydrogen-bond acceptors (Lipinski definition) is 4. The number of hydrogen-bond donors (Lipinski definition) is 2. The molecular weight excluding hydrogens is 501 g/mol. The Morgan fingerprint density at radius 3 is 2.54 bits per heavy atom. The Kier molecular flexibility index (Phi) is 5.78. The second-order valence-electron chi connectivity index (χ2n) is 10.3. The number of aromatic carboxylic acids is 1. The van der Waals surface area contributed by atoms with Crippen LogP contribution >= 0.6 is 0 Å². The molecule has 0 atom stereocenters. The predicted octanol–water partition coefficient (Wildman–Crippen LogP) is 4.18. The fraction of sp³-hybridized carbons (Fsp3) is 0.310. The van der Waals surface area contributed by atoms with Crippen molar-refractivity contribution in [3.63, 3.8) is 0 Å². The Labute approximate surface area is 223 Å². The van der Waals surface area contributed by atoms with Crippen molar-refractivity contribution in [1.29, 1.82) is 0 Å². The second kappa shape index (κ2) is 9.07. The zero-order valence-electron chi connectivity index (χ0n) is 21.7. The van der Waals surface area contributed by atoms with E-state index in [1.54, 1.807) is 58.1 Å². The zero-order chi connectivity index (χ0) is 27.5. The van der Waals surface area contributed by atoms with Gasteiger partial charge in [-0.15, -0.1) is 0 Å². The molecule has 0 unspecified atom stereocenters. The molecule has 1 saturated carbocycles. The quantitative estimate of drug-likeness (QED) is 0.389. The van der Waals surface area contributed by atoms with Crippen LogP contribution in [0.25, 0.3) is 10.9 Å². The SMILES string of the molecule is CCc1cc(F)cc2[nH]c(C(=O)N3CCn4ncc(C(=O)N(C)C5(c6ccc(C(=O)O)cc6)CC5)c4C3)cc12. The largest absolute Gasteiger partial charge is 0.478 e. The maximum atomic E-state index is 14.0. The fourth-order valence-electron chi connectivity index (χ4n) is 5.68. The van der Waals surface area contributed by atoms with Crippen LogP contribution in [0, 0.1) is 5.82 Å². The number of carboxylic acid groups (broad SMARTS) is 1. The normalized spacial score (nSPS) is 15.7. The third kappa shape index (κ3) is 4.07. The molecule has 0 radical (unpaired) electrons. The van der Waals surface area contributed by atoms with E-state index in [1.807, 2.05) is 6.92 Å². The van der Waals surface area contributed by atoms with E-state index in [9.17, 15) is 23.9 Å². The lowest BCUT2D eigenvalue weighted by Gasteiger charge is -2.31. The standard InChI is InChI=1S/C29H28FN5O4/c1-3-17-12-20(30)13-23-21(17)14-24(32-23)27(37)34-10-11-35-25(16-34)22(15-31-35)26(36)33(2)29(8-9-29)19-6-4-18(5-7-19)28(38)39/h4-7,12-15,32H,3,8-11,16H2,1-2H3,(H,38,39). The van der Waals surface area contributed by atoms with Crippen LogP contribution in [0.2, 0.25) is 0 Å². The van der Waals surface area contributed by atoms with E-state index in [2.05, 4.69) is 10.1 Å². The summed E-state index contributed by atoms with van der Waals surface area (Å²) < 4.78 is 15.8. The number of aryl methyl sites for hydroxylation is 1. The number of amides is 2. The van der Waals surface area contributed by atoms with Gasteiger partial charge in [-0.25, -0.2) is 9.18 Å². The molecule has 6 rings (SSSR count). The Morgan fingerprint density at radius 2 is 1.87 bits per heavy atom. The molecule has 39 heavy (non-hydrogen) atoms. The average molecular weight is 530 g/mol. The maximum Gasteiger partial charge on any atom is 0.335 e. The van der Waals surface area contributed by atoms with Gasteiger partial charge in [0.2, 0.25) is 0 Å². The first-order valence-corrected chi connectivity index (χ1v) is 13.0. The smallest absolute Gasteiger partial charge is 0.335 e. The van der Waals surface area contributed by atoms with E-state index < -0.39 is 11.5 Å². The summed E-state index contributed by atoms with van der Waals surface area (Å²) in [6.45, 7) is 3.05. The summed E-state index contributed by atoms with van der Waals surface area (Å²) in [5.41, 5.74) is 3.50. The predicted molar refractivity (Wildman–Crippen MR) is 141 cm³/mol. The highest BCUT2D eigenvalue weighted by Crippen LogP contribution is 2.51. The van der Waals surface area contributed by atoms with Crippen molar-refractivity contribution in [3.8, 4) is 0 Å². The van der Waals surface area contributed by atoms with Gasteiger partial charge in [-0.1, -0.05) is 19.1 Å². The summed E-state index contributed by atoms with van der Waals surface area (Å²) in [7, 11) is 1.76. The van der Waals surface area contributed by atoms with Crippen LogP contribution in [-0.4, -0.2) is 61.0 Å². The molecule has 0 spiro atoms. The molecule has 1 aliphatic heterocycles. The Balaban J connectivity index is 1.24. The number of carbonyl (C=O) groups is 3. The number of nitrogens with zero attached hydrogens (tertiary/aromatic N) is 4. The average Bonchev–Trinajstić information content (AvgIpc) is 3.47. The molecule has 0 saturated heterocycles. The lowest BCUT2D eigenvalue weighted by atomic mass is 10.0. The topological polar surface area (TPSA) is 112 Å². The number of carboxylic acids is 1. The van der Waals surface area contributed by atoms with Crippen LogP contribution in [0.3, 0.4) is 0 Å². The molecule has 10 heteroatoms. The summed E-state index contributed by atoms with van der Waals surface area (Å²) >= 11 is 0. The summed E-state index contributed by atoms with van der Waals surface area (Å²) in [4.78, 5) is 44.9. The molecule has 0 bridgehead atoms. The second-order valence-corrected chi connectivity index (χ2v) is 10.3. The lowest BCUT2D eigenvalue weighted by molar-refractivity contribution is 0.0669. The van der Waals surface area contributed by atoms with Gasteiger partial charge in [0.25, 0.3) is 11.8 Å². The molecule has 2 aromatic heterocycles. The van der Waals surface area contributed by atoms with Crippen molar-refractivity contribution in [2.75, 3.05) is 13.6 Å². The summed E-state index contributed by atoms with van der Waals surface area (Å²) in [6.07, 6.45) is 3.75. The minimum Gasteiger partial charge on any atom is -0.478 e. The Hall–Kier alpha value is -4.47. The van der Waals surface area contributed by atoms with Gasteiger partial charge in [0.1, 0.15) is 11.5 Å². The number of H-pyrrole nitrogens is 1. The monoisotopic (exact) mass is 529 g/mol. The molecular formula is C29H28FN5O4. The lowest BCUT2D eigenvalue weighted by Crippen LogP contribution is -2.41. The number of halogens is 1. The highest BCUT2D eigenvalue weighted by Gasteiger charge is 2.50. The Bertz CT molecular complexity index is 1630. The fourth-order valence-corrected chi connectivity index (χ4v) is 5.68. The van der Waals surface area contributed by atoms with Crippen molar-refractivity contribution in [2.45, 2.75) is 44.8 Å². The number of aromatic amines is 1. The van der Waals surface area contributed by atoms with Crippen molar-refractivity contribution < 1.29 is 23.9 Å². The molecule has 200 valence electrons. The van der Waals surface area contributed by atoms with Crippen molar-refractivity contribution in [3.05, 3.63) is 88.1 Å². The number of carbonyl (C=O) groups excluding carboxylic acids is 2. The van der Waals surface area contributed by atoms with Crippen LogP contribution in [0.4, 0.5) is 4.39 Å². The van der Waals surface area contributed by atoms with Crippen molar-refractivity contribution >= 4 is 28.7 Å². The third-order valence-corrected chi connectivity index (χ3v) is 8.13. The summed E-state index contributed by atoms with van der Waals surface area (Å²) in [6, 6.07) is 11.3. The van der Waals surface area contributed by atoms with Gasteiger partial charge >= 0.3 is 5.97 Å². The van der Waals surface area contributed by atoms with E-state index in [0.29, 0.717) is 42.0 Å². The van der Waals surface area contributed by atoms with E-state index in [-0.39, 0.29) is 29.7 Å². The molecule has 9 nitrogen and oxygen atoms in total. The number of benzene rings is 2. The van der Waals surface area contributed by atoms with E-state index in [1.165, 1.54) is 12.1 Å². The number of fused-ring (bicyclic) bond motifs is 2. The van der Waals surface area contributed by atoms with Gasteiger partial charge < -0.3 is 19.9 Å². The first kappa shape index (κ1) is 24.8. The Morgan fingerprint density at radius 1 is 1.13 bits per heavy atom. The highest BCUT2D eigenvalue weighted by molar-refractivity contribution is 5.99. The van der Waals surface area contributed by atoms with E-state index in [0.717, 1.165) is 29.4 Å². The molecule has 2 aliphatic rings. The van der Waals surface area contributed by atoms with Crippen LogP contribution in [-0.2, 0) is 25.0 Å². The van der Waals surface area contributed by atoms with E-state index in [4.69, 9.17) is 0 Å². The van der Waals surface area contributed by atoms with Crippen molar-refractivity contribution in [2.24, 2.45) is 0 Å². The van der Waals surface area contributed by atoms with Crippen LogP contribution in [0.15, 0.2) is 48.7 Å². The van der Waals surface area contributed by atoms with Crippen LogP contribution < -0.4 is 0 Å². The molecule has 2 amide bonds. The molecule has 3 heterocycles. The molecule has 1 aliphatic carbocycles. The minimum atomic E-state index is -0.994. The van der Waals surface area contributed by atoms with Crippen LogP contribution in [0.5, 0.6) is 0 Å². The maximum absolute atomic E-state index is 14.0. The van der Waals surface area contributed by atoms with Crippen LogP contribution in [0.1, 0.15) is 67.8 Å². The van der Waals surface area contributed by atoms with E-state index >= 15 is 0 Å². The van der Waals surface area contributed by atoms with Gasteiger partial charge in [0, 0.05) is 24.5 Å². The van der Waals surface area contributed by atoms with Crippen molar-refractivity contribution in [1.82, 2.24) is 24.6 Å². The molecule has 2 N–H and O–H groups in total. The van der Waals surface area contributed by atoms with Gasteiger partial charge in [-0.05, 0) is 60.7 Å². The van der Waals surface area contributed by atoms with Gasteiger partial charge in [-0.3, -0.25) is 14.3 Å². The third-order valence-electron chi connectivity index (χ3n) is 8.13. The number of aromatic nitrogens is 3. The van der Waals surface area contributed by atoms with Gasteiger partial charge in [0.05, 0.1) is 41.6 Å². The molecule has 2 aromatic carbocycles. The number of rotatable bonds is 6. The first-order chi connectivity index (χ1) is 18.7. The van der Waals surface area contributed by atoms with Gasteiger partial charge in [0.15, 0.2) is 0 Å². The first-order valence-electron chi connectivity index (χ1n) is 13.0. The highest BCUT2D eigenvalue weighted by atomic mass is 19.1. The minimum absolute atomic E-state index is 0.195. The molecule has 1 fully saturated rings. The summed E-state index contributed by atoms with van der Waals surface area (Å²) in [5, 5.41) is 14.5. The van der Waals surface area contributed by atoms with Gasteiger partial charge in [-0.2, -0.15) is 5.10 Å².